The van der Waals surface area contributed by atoms with Crippen LogP contribution in [0.25, 0.3) is 21.6 Å². The number of imidazole rings is 1. The Kier molecular flexibility index (Phi) is 25.6. The number of rotatable bonds is 38. The molecule has 11 atom stereocenters. The molecule has 4 amide bonds. The first-order valence-electron chi connectivity index (χ1n) is 27.7. The van der Waals surface area contributed by atoms with Crippen LogP contribution in [0, 0.1) is 10.1 Å². The van der Waals surface area contributed by atoms with Crippen LogP contribution in [0.3, 0.4) is 0 Å². The summed E-state index contributed by atoms with van der Waals surface area (Å²) >= 11 is 1.32. The largest absolute Gasteiger partial charge is 0.756 e. The number of phosphoric acid groups is 2. The Morgan fingerprint density at radius 3 is 2.47 bits per heavy atom. The molecule has 3 fully saturated rings. The van der Waals surface area contributed by atoms with E-state index in [1.54, 1.807) is 0 Å². The summed E-state index contributed by atoms with van der Waals surface area (Å²) < 4.78 is 66.6. The van der Waals surface area contributed by atoms with Crippen LogP contribution in [0.15, 0.2) is 60.5 Å². The number of phosphoric ester groups is 2. The van der Waals surface area contributed by atoms with Gasteiger partial charge in [-0.25, -0.2) is 23.8 Å². The minimum Gasteiger partial charge on any atom is -0.756 e. The number of anilines is 1. The highest BCUT2D eigenvalue weighted by atomic mass is 32.2. The van der Waals surface area contributed by atoms with Crippen molar-refractivity contribution < 1.29 is 90.1 Å². The summed E-state index contributed by atoms with van der Waals surface area (Å²) in [4.78, 5) is 102. The van der Waals surface area contributed by atoms with Crippen LogP contribution in [-0.2, 0) is 57.7 Å². The van der Waals surface area contributed by atoms with Gasteiger partial charge < -0.3 is 76.6 Å². The van der Waals surface area contributed by atoms with E-state index in [1.165, 1.54) is 69.9 Å². The number of primary amides is 1. The second kappa shape index (κ2) is 32.7. The number of ether oxygens (including phenoxy) is 4. The second-order valence-corrected chi connectivity index (χ2v) is 24.3. The number of hydrogen-bond donors (Lipinski definition) is 9. The number of nitrogens with zero attached hydrogens (tertiary/aromatic N) is 10. The number of nitrogen functional groups attached to an aromatic ring is 1. The predicted octanol–water partition coefficient (Wildman–Crippen LogP) is 0.0271. The molecule has 87 heavy (non-hydrogen) atoms. The second-order valence-electron chi connectivity index (χ2n) is 20.0. The molecule has 3 saturated heterocycles. The van der Waals surface area contributed by atoms with Crippen molar-refractivity contribution in [3.8, 4) is 5.75 Å². The molecular weight excluding hydrogens is 1210 g/mol. The third kappa shape index (κ3) is 19.3. The Balaban J connectivity index is 0.881. The highest BCUT2D eigenvalue weighted by Gasteiger charge is 2.52. The molecule has 476 valence electrons. The van der Waals surface area contributed by atoms with E-state index in [2.05, 4.69) is 45.2 Å². The summed E-state index contributed by atoms with van der Waals surface area (Å²) in [6.45, 7) is 2.08. The number of carbonyl (C=O) groups excluding carboxylic acids is 4. The number of nitrogens with one attached hydrogen (secondary N) is 3. The van der Waals surface area contributed by atoms with Crippen LogP contribution in [-0.4, -0.2) is 181 Å². The van der Waals surface area contributed by atoms with Gasteiger partial charge in [-0.15, -0.1) is 11.8 Å². The van der Waals surface area contributed by atoms with Gasteiger partial charge in [0.15, 0.2) is 36.2 Å². The number of amides is 4. The molecular formula is C49H70N16O19P2S. The fourth-order valence-corrected chi connectivity index (χ4v) is 12.7. The standard InChI is InChI=1S/C49H70N16O19P2S/c50-12-6-15-54-13-1-2-14-55-16-7-17-56-37(66)11-19-63-38(67)23-36(47(63)71)87-21-4-3-20-78-32-9-10-33(65(72)73)31(22-32)25-79-43-39(60-61-53)34(82-49(43)62-18-5-8-30(24-62)45(52)70)26-80-85(74,75)84-86(76,77)81-27-35-41(68)42(69)48(83-35)64-29-59-40-44(51)57-28-58-46(40)64/h5,8-10,18,22,24,28-29,34-36,39,41-43,48-49,54-55,68-69H,1-4,6-7,11-17,19-21,23,25-27,50H2,(H6-,51,52,56,57,58,66,70,74,75,76,77)/t34-,35-,36?,39-,41-,42-,43-,48-,49-/m1/s1. The maximum Gasteiger partial charge on any atom is 0.478 e. The van der Waals surface area contributed by atoms with E-state index in [-0.39, 0.29) is 77.6 Å². The number of aliphatic hydroxyl groups excluding tert-OH is 2. The van der Waals surface area contributed by atoms with E-state index in [9.17, 15) is 64.0 Å². The lowest BCUT2D eigenvalue weighted by molar-refractivity contribution is -0.766. The lowest BCUT2D eigenvalue weighted by Gasteiger charge is -2.26. The lowest BCUT2D eigenvalue weighted by Crippen LogP contribution is -2.47. The number of imide groups is 1. The SMILES string of the molecule is [N-]=[N+]=N[C@H]1[C@@H](OCc2cc(OCCCCSC3CC(=O)N(CCC(=O)NCCCNCCCCNCCCN)C3=O)ccc2[N+](=O)[O-])[C@H]([n+]2cccc(C(N)=O)c2)O[C@@H]1COP(=O)([O-])OP(=O)(O)OC[C@H]1O[C@@H](n2cnc3c(N)ncnc32)[C@H](O)[C@@H]1O. The van der Waals surface area contributed by atoms with Crippen molar-refractivity contribution in [1.29, 1.82) is 0 Å². The Morgan fingerprint density at radius 1 is 0.989 bits per heavy atom. The van der Waals surface area contributed by atoms with E-state index < -0.39 is 106 Å². The molecule has 0 aliphatic carbocycles. The van der Waals surface area contributed by atoms with Gasteiger partial charge in [-0.3, -0.25) is 47.8 Å². The number of likely N-dealkylation sites (tertiary alicyclic amines) is 1. The number of hydrogen-bond acceptors (Lipinski definition) is 27. The van der Waals surface area contributed by atoms with Crippen molar-refractivity contribution in [1.82, 2.24) is 40.4 Å². The van der Waals surface area contributed by atoms with Gasteiger partial charge in [-0.05, 0) is 101 Å². The predicted molar refractivity (Wildman–Crippen MR) is 303 cm³/mol. The first-order valence-corrected chi connectivity index (χ1v) is 31.7. The smallest absolute Gasteiger partial charge is 0.478 e. The Bertz CT molecular complexity index is 3170. The Hall–Kier alpha value is -6.40. The van der Waals surface area contributed by atoms with E-state index >= 15 is 0 Å². The number of pyridine rings is 1. The molecule has 0 saturated carbocycles. The topological polar surface area (TPSA) is 508 Å². The molecule has 0 bridgehead atoms. The van der Waals surface area contributed by atoms with Crippen LogP contribution >= 0.6 is 27.4 Å². The van der Waals surface area contributed by atoms with E-state index in [4.69, 9.17) is 45.2 Å². The number of aromatic nitrogens is 5. The highest BCUT2D eigenvalue weighted by molar-refractivity contribution is 8.00. The number of fused-ring (bicyclic) bond motifs is 1. The minimum atomic E-state index is -5.88. The molecule has 12 N–H and O–H groups in total. The number of aliphatic hydroxyl groups is 2. The van der Waals surface area contributed by atoms with Crippen LogP contribution in [0.2, 0.25) is 0 Å². The van der Waals surface area contributed by atoms with Crippen molar-refractivity contribution in [2.75, 3.05) is 77.1 Å². The zero-order valence-electron chi connectivity index (χ0n) is 46.9. The Labute approximate surface area is 501 Å². The summed E-state index contributed by atoms with van der Waals surface area (Å²) in [6.07, 6.45) is -1.01. The number of unbranched alkanes of at least 4 members (excludes halogenated alkanes) is 2. The molecule has 0 radical (unpaired) electrons. The van der Waals surface area contributed by atoms with Crippen LogP contribution in [0.5, 0.6) is 5.75 Å². The fraction of sp³-hybridized carbons (Fsp3) is 0.592. The quantitative estimate of drug-likeness (QED) is 0.00329. The number of azide groups is 1. The molecule has 1 aromatic carbocycles. The molecule has 7 rings (SSSR count). The van der Waals surface area contributed by atoms with Gasteiger partial charge in [0, 0.05) is 43.0 Å². The van der Waals surface area contributed by atoms with Crippen molar-refractivity contribution >= 4 is 73.7 Å². The van der Waals surface area contributed by atoms with Gasteiger partial charge in [0.2, 0.25) is 17.7 Å². The van der Waals surface area contributed by atoms with E-state index in [1.807, 2.05) is 0 Å². The maximum atomic E-state index is 13.1. The number of carbonyl (C=O) groups is 4. The van der Waals surface area contributed by atoms with Crippen molar-refractivity contribution in [2.24, 2.45) is 16.6 Å². The average molecular weight is 1280 g/mol. The van der Waals surface area contributed by atoms with E-state index in [0.717, 1.165) is 63.1 Å². The number of nitrogens with two attached hydrogens (primary N) is 3. The number of nitro benzene ring substituents is 1. The molecule has 6 heterocycles. The highest BCUT2D eigenvalue weighted by Crippen LogP contribution is 2.58. The van der Waals surface area contributed by atoms with Gasteiger partial charge in [0.05, 0.1) is 54.6 Å². The molecule has 38 heteroatoms. The Morgan fingerprint density at radius 2 is 1.74 bits per heavy atom. The zero-order valence-corrected chi connectivity index (χ0v) is 49.5. The number of thioether (sulfide) groups is 1. The van der Waals surface area contributed by atoms with Crippen molar-refractivity contribution in [2.45, 2.75) is 112 Å². The number of benzene rings is 1. The molecule has 3 unspecified atom stereocenters. The summed E-state index contributed by atoms with van der Waals surface area (Å²) in [7, 11) is -11.5. The van der Waals surface area contributed by atoms with Crippen molar-refractivity contribution in [3.05, 3.63) is 87.1 Å². The maximum absolute atomic E-state index is 13.1. The molecule has 4 aromatic rings. The van der Waals surface area contributed by atoms with Crippen LogP contribution < -0.4 is 47.3 Å². The van der Waals surface area contributed by atoms with E-state index in [0.29, 0.717) is 31.7 Å². The van der Waals surface area contributed by atoms with Crippen LogP contribution in [0.1, 0.15) is 79.7 Å². The third-order valence-corrected chi connectivity index (χ3v) is 17.7. The van der Waals surface area contributed by atoms with Crippen molar-refractivity contribution in [3.63, 3.8) is 0 Å². The summed E-state index contributed by atoms with van der Waals surface area (Å²) in [5, 5.41) is 46.4. The average Bonchev–Trinajstić information content (AvgIpc) is 2.68. The normalized spacial score (nSPS) is 23.4. The first-order chi connectivity index (χ1) is 41.7. The summed E-state index contributed by atoms with van der Waals surface area (Å²) in [5.41, 5.74) is 26.3. The summed E-state index contributed by atoms with van der Waals surface area (Å²) in [6, 6.07) is 5.14. The molecule has 3 aliphatic rings. The van der Waals surface area contributed by atoms with Gasteiger partial charge in [-0.1, -0.05) is 5.11 Å². The minimum absolute atomic E-state index is 0.00519. The summed E-state index contributed by atoms with van der Waals surface area (Å²) in [5.74, 6) is -1.12. The van der Waals surface area contributed by atoms with Gasteiger partial charge in [0.1, 0.15) is 47.5 Å². The van der Waals surface area contributed by atoms with Crippen LogP contribution in [0.4, 0.5) is 11.5 Å². The molecule has 35 nitrogen and oxygen atoms in total. The molecule has 0 spiro atoms. The molecule has 3 aliphatic heterocycles. The van der Waals surface area contributed by atoms with Gasteiger partial charge >= 0.3 is 7.82 Å². The lowest BCUT2D eigenvalue weighted by atomic mass is 10.1. The van der Waals surface area contributed by atoms with Gasteiger partial charge in [-0.2, -0.15) is 4.57 Å². The van der Waals surface area contributed by atoms with Gasteiger partial charge in [0.25, 0.3) is 25.6 Å². The zero-order chi connectivity index (χ0) is 62.7. The third-order valence-electron chi connectivity index (χ3n) is 13.8. The first kappa shape index (κ1) is 68.1. The monoisotopic (exact) mass is 1280 g/mol. The molecule has 3 aromatic heterocycles. The fourth-order valence-electron chi connectivity index (χ4n) is 9.42. The number of nitro groups is 1.